The van der Waals surface area contributed by atoms with Gasteiger partial charge in [-0.25, -0.2) is 0 Å². The van der Waals surface area contributed by atoms with Crippen molar-refractivity contribution in [2.45, 2.75) is 12.8 Å². The van der Waals surface area contributed by atoms with Crippen LogP contribution in [0.4, 0.5) is 0 Å². The summed E-state index contributed by atoms with van der Waals surface area (Å²) in [7, 11) is 0. The van der Waals surface area contributed by atoms with Crippen LogP contribution < -0.4 is 0 Å². The maximum absolute atomic E-state index is 5.66. The molecule has 2 heteroatoms. The number of hydrogen-bond donors (Lipinski definition) is 0. The first-order valence-electron chi connectivity index (χ1n) is 6.21. The van der Waals surface area contributed by atoms with E-state index < -0.39 is 0 Å². The Balaban J connectivity index is 1.63. The average Bonchev–Trinajstić information content (AvgIpc) is 2.42. The first-order valence-corrected chi connectivity index (χ1v) is 7.00. The molecule has 0 aromatic heterocycles. The van der Waals surface area contributed by atoms with Gasteiger partial charge in [0.1, 0.15) is 0 Å². The molecule has 0 unspecified atom stereocenters. The molecular formula is C16H17BrO. The normalized spacial score (nSPS) is 10.5. The molecule has 2 rings (SSSR count). The Labute approximate surface area is 117 Å². The highest BCUT2D eigenvalue weighted by atomic mass is 79.9. The third-order valence-corrected chi connectivity index (χ3v) is 3.35. The molecule has 18 heavy (non-hydrogen) atoms. The first kappa shape index (κ1) is 13.3. The van der Waals surface area contributed by atoms with Crippen molar-refractivity contribution in [2.75, 3.05) is 13.2 Å². The van der Waals surface area contributed by atoms with E-state index in [4.69, 9.17) is 4.74 Å². The summed E-state index contributed by atoms with van der Waals surface area (Å²) < 4.78 is 6.78. The Bertz CT molecular complexity index is 450. The minimum absolute atomic E-state index is 0.786. The Kier molecular flexibility index (Phi) is 5.43. The summed E-state index contributed by atoms with van der Waals surface area (Å²) in [5, 5.41) is 0. The molecule has 0 spiro atoms. The SMILES string of the molecule is Brc1ccc(CCOCCc2ccccc2)cc1. The maximum atomic E-state index is 5.66. The molecule has 0 saturated carbocycles. The first-order chi connectivity index (χ1) is 8.84. The summed E-state index contributed by atoms with van der Waals surface area (Å²) in [6.45, 7) is 1.58. The lowest BCUT2D eigenvalue weighted by atomic mass is 10.1. The van der Waals surface area contributed by atoms with Gasteiger partial charge < -0.3 is 4.74 Å². The lowest BCUT2D eigenvalue weighted by Gasteiger charge is -2.05. The van der Waals surface area contributed by atoms with Crippen molar-refractivity contribution in [3.63, 3.8) is 0 Å². The second-order valence-corrected chi connectivity index (χ2v) is 5.14. The molecule has 0 aliphatic carbocycles. The third kappa shape index (κ3) is 4.63. The zero-order chi connectivity index (χ0) is 12.6. The summed E-state index contributed by atoms with van der Waals surface area (Å²) in [5.74, 6) is 0. The minimum Gasteiger partial charge on any atom is -0.381 e. The Hall–Kier alpha value is -1.12. The largest absolute Gasteiger partial charge is 0.381 e. The van der Waals surface area contributed by atoms with Crippen molar-refractivity contribution in [3.8, 4) is 0 Å². The summed E-state index contributed by atoms with van der Waals surface area (Å²) in [5.41, 5.74) is 2.65. The molecular weight excluding hydrogens is 288 g/mol. The van der Waals surface area contributed by atoms with Gasteiger partial charge in [0.2, 0.25) is 0 Å². The van der Waals surface area contributed by atoms with Crippen LogP contribution in [0, 0.1) is 0 Å². The van der Waals surface area contributed by atoms with Gasteiger partial charge in [-0.05, 0) is 36.1 Å². The molecule has 0 aliphatic rings. The summed E-state index contributed by atoms with van der Waals surface area (Å²) in [6.07, 6.45) is 1.96. The van der Waals surface area contributed by atoms with Crippen LogP contribution in [0.5, 0.6) is 0 Å². The van der Waals surface area contributed by atoms with Crippen LogP contribution in [-0.4, -0.2) is 13.2 Å². The van der Waals surface area contributed by atoms with Crippen molar-refractivity contribution in [1.82, 2.24) is 0 Å². The molecule has 0 aliphatic heterocycles. The lowest BCUT2D eigenvalue weighted by Crippen LogP contribution is -2.02. The zero-order valence-corrected chi connectivity index (χ0v) is 11.9. The molecule has 0 heterocycles. The third-order valence-electron chi connectivity index (χ3n) is 2.83. The van der Waals surface area contributed by atoms with Crippen LogP contribution >= 0.6 is 15.9 Å². The van der Waals surface area contributed by atoms with Crippen molar-refractivity contribution in [2.24, 2.45) is 0 Å². The number of hydrogen-bond acceptors (Lipinski definition) is 1. The average molecular weight is 305 g/mol. The van der Waals surface area contributed by atoms with E-state index in [2.05, 4.69) is 64.5 Å². The number of benzene rings is 2. The van der Waals surface area contributed by atoms with Crippen molar-refractivity contribution in [3.05, 3.63) is 70.2 Å². The minimum atomic E-state index is 0.786. The Morgan fingerprint density at radius 3 is 1.89 bits per heavy atom. The van der Waals surface area contributed by atoms with Crippen LogP contribution in [-0.2, 0) is 17.6 Å². The highest BCUT2D eigenvalue weighted by Crippen LogP contribution is 2.10. The van der Waals surface area contributed by atoms with E-state index in [1.54, 1.807) is 0 Å². The van der Waals surface area contributed by atoms with E-state index in [9.17, 15) is 0 Å². The highest BCUT2D eigenvalue weighted by molar-refractivity contribution is 9.10. The Morgan fingerprint density at radius 2 is 1.28 bits per heavy atom. The number of halogens is 1. The molecule has 0 radical (unpaired) electrons. The smallest absolute Gasteiger partial charge is 0.0506 e. The predicted molar refractivity (Wildman–Crippen MR) is 78.8 cm³/mol. The van der Waals surface area contributed by atoms with E-state index in [-0.39, 0.29) is 0 Å². The summed E-state index contributed by atoms with van der Waals surface area (Å²) in [4.78, 5) is 0. The molecule has 1 nitrogen and oxygen atoms in total. The van der Waals surface area contributed by atoms with Crippen LogP contribution in [0.1, 0.15) is 11.1 Å². The molecule has 2 aromatic rings. The fraction of sp³-hybridized carbons (Fsp3) is 0.250. The number of ether oxygens (including phenoxy) is 1. The van der Waals surface area contributed by atoms with Crippen LogP contribution in [0.3, 0.4) is 0 Å². The van der Waals surface area contributed by atoms with E-state index in [1.165, 1.54) is 11.1 Å². The number of rotatable bonds is 6. The fourth-order valence-corrected chi connectivity index (χ4v) is 2.04. The van der Waals surface area contributed by atoms with Gasteiger partial charge in [0.05, 0.1) is 13.2 Å². The second kappa shape index (κ2) is 7.34. The van der Waals surface area contributed by atoms with Gasteiger partial charge in [0.25, 0.3) is 0 Å². The van der Waals surface area contributed by atoms with E-state index in [0.29, 0.717) is 0 Å². The monoisotopic (exact) mass is 304 g/mol. The van der Waals surface area contributed by atoms with Gasteiger partial charge in [0.15, 0.2) is 0 Å². The molecule has 0 N–H and O–H groups in total. The van der Waals surface area contributed by atoms with Crippen molar-refractivity contribution in [1.29, 1.82) is 0 Å². The van der Waals surface area contributed by atoms with Crippen molar-refractivity contribution >= 4 is 15.9 Å². The maximum Gasteiger partial charge on any atom is 0.0506 e. The topological polar surface area (TPSA) is 9.23 Å². The summed E-state index contributed by atoms with van der Waals surface area (Å²) in [6, 6.07) is 18.8. The van der Waals surface area contributed by atoms with Gasteiger partial charge in [-0.15, -0.1) is 0 Å². The van der Waals surface area contributed by atoms with Gasteiger partial charge in [-0.2, -0.15) is 0 Å². The van der Waals surface area contributed by atoms with Gasteiger partial charge >= 0.3 is 0 Å². The van der Waals surface area contributed by atoms with Gasteiger partial charge in [-0.1, -0.05) is 58.4 Å². The van der Waals surface area contributed by atoms with E-state index in [0.717, 1.165) is 30.5 Å². The van der Waals surface area contributed by atoms with E-state index >= 15 is 0 Å². The second-order valence-electron chi connectivity index (χ2n) is 4.22. The van der Waals surface area contributed by atoms with Gasteiger partial charge in [-0.3, -0.25) is 0 Å². The molecule has 0 atom stereocenters. The predicted octanol–water partition coefficient (Wildman–Crippen LogP) is 4.25. The highest BCUT2D eigenvalue weighted by Gasteiger charge is 1.95. The molecule has 0 fully saturated rings. The Morgan fingerprint density at radius 1 is 0.722 bits per heavy atom. The fourth-order valence-electron chi connectivity index (χ4n) is 1.78. The standard InChI is InChI=1S/C16H17BrO/c17-16-8-6-15(7-9-16)11-13-18-12-10-14-4-2-1-3-5-14/h1-9H,10-13H2. The quantitative estimate of drug-likeness (QED) is 0.725. The van der Waals surface area contributed by atoms with Gasteiger partial charge in [0, 0.05) is 4.47 Å². The summed E-state index contributed by atoms with van der Waals surface area (Å²) >= 11 is 3.43. The molecule has 0 saturated heterocycles. The van der Waals surface area contributed by atoms with Crippen LogP contribution in [0.15, 0.2) is 59.1 Å². The molecule has 0 bridgehead atoms. The van der Waals surface area contributed by atoms with Crippen LogP contribution in [0.25, 0.3) is 0 Å². The molecule has 94 valence electrons. The lowest BCUT2D eigenvalue weighted by molar-refractivity contribution is 0.140. The van der Waals surface area contributed by atoms with Crippen LogP contribution in [0.2, 0.25) is 0 Å². The molecule has 2 aromatic carbocycles. The molecule has 0 amide bonds. The zero-order valence-electron chi connectivity index (χ0n) is 10.3. The van der Waals surface area contributed by atoms with E-state index in [1.807, 2.05) is 6.07 Å². The van der Waals surface area contributed by atoms with Crippen molar-refractivity contribution < 1.29 is 4.74 Å².